The standard InChI is InChI=1S/C13H18N4O2/c1-16-8-10(6-15-16)9-17-11(18)7-14-12(19)13(17)4-2-3-5-13/h6,8H,2-5,7,9H2,1H3,(H,14,19). The first kappa shape index (κ1) is 12.2. The predicted molar refractivity (Wildman–Crippen MR) is 68.0 cm³/mol. The molecule has 0 atom stereocenters. The Kier molecular flexibility index (Phi) is 2.80. The summed E-state index contributed by atoms with van der Waals surface area (Å²) >= 11 is 0. The lowest BCUT2D eigenvalue weighted by Gasteiger charge is -2.43. The zero-order valence-corrected chi connectivity index (χ0v) is 11.1. The van der Waals surface area contributed by atoms with E-state index < -0.39 is 5.54 Å². The van der Waals surface area contributed by atoms with E-state index in [4.69, 9.17) is 0 Å². The fraction of sp³-hybridized carbons (Fsp3) is 0.615. The van der Waals surface area contributed by atoms with Gasteiger partial charge in [-0.25, -0.2) is 0 Å². The third-order valence-electron chi connectivity index (χ3n) is 4.17. The van der Waals surface area contributed by atoms with E-state index in [1.807, 2.05) is 13.2 Å². The molecule has 1 aromatic rings. The van der Waals surface area contributed by atoms with Crippen LogP contribution in [0.2, 0.25) is 0 Å². The molecule has 1 saturated carbocycles. The molecule has 0 aromatic carbocycles. The van der Waals surface area contributed by atoms with Crippen LogP contribution in [0.3, 0.4) is 0 Å². The summed E-state index contributed by atoms with van der Waals surface area (Å²) in [6.07, 6.45) is 7.19. The molecular formula is C13H18N4O2. The van der Waals surface area contributed by atoms with Gasteiger partial charge in [-0.3, -0.25) is 14.3 Å². The van der Waals surface area contributed by atoms with Crippen molar-refractivity contribution in [3.8, 4) is 0 Å². The molecule has 0 radical (unpaired) electrons. The first-order valence-corrected chi connectivity index (χ1v) is 6.68. The number of rotatable bonds is 2. The summed E-state index contributed by atoms with van der Waals surface area (Å²) < 4.78 is 1.71. The van der Waals surface area contributed by atoms with Gasteiger partial charge >= 0.3 is 0 Å². The van der Waals surface area contributed by atoms with Gasteiger partial charge in [-0.2, -0.15) is 5.10 Å². The van der Waals surface area contributed by atoms with E-state index in [1.54, 1.807) is 15.8 Å². The van der Waals surface area contributed by atoms with Crippen molar-refractivity contribution >= 4 is 11.8 Å². The van der Waals surface area contributed by atoms with Crippen LogP contribution in [0, 0.1) is 0 Å². The molecule has 1 saturated heterocycles. The number of aromatic nitrogens is 2. The molecule has 2 amide bonds. The highest BCUT2D eigenvalue weighted by Crippen LogP contribution is 2.38. The van der Waals surface area contributed by atoms with Gasteiger partial charge in [0.05, 0.1) is 12.7 Å². The molecule has 0 bridgehead atoms. The van der Waals surface area contributed by atoms with Crippen LogP contribution in [0.4, 0.5) is 0 Å². The molecule has 1 aliphatic carbocycles. The van der Waals surface area contributed by atoms with Crippen molar-refractivity contribution in [1.82, 2.24) is 20.0 Å². The lowest BCUT2D eigenvalue weighted by Crippen LogP contribution is -2.65. The molecule has 2 fully saturated rings. The topological polar surface area (TPSA) is 67.2 Å². The maximum Gasteiger partial charge on any atom is 0.246 e. The third kappa shape index (κ3) is 1.91. The summed E-state index contributed by atoms with van der Waals surface area (Å²) in [4.78, 5) is 26.2. The van der Waals surface area contributed by atoms with Crippen LogP contribution in [0.15, 0.2) is 12.4 Å². The highest BCUT2D eigenvalue weighted by molar-refractivity contribution is 5.98. The fourth-order valence-corrected chi connectivity index (χ4v) is 3.21. The fourth-order valence-electron chi connectivity index (χ4n) is 3.21. The summed E-state index contributed by atoms with van der Waals surface area (Å²) in [5, 5.41) is 6.85. The monoisotopic (exact) mass is 262 g/mol. The number of nitrogens with one attached hydrogen (secondary N) is 1. The van der Waals surface area contributed by atoms with Crippen molar-refractivity contribution in [3.63, 3.8) is 0 Å². The number of nitrogens with zero attached hydrogens (tertiary/aromatic N) is 3. The molecule has 19 heavy (non-hydrogen) atoms. The molecule has 6 heteroatoms. The maximum absolute atomic E-state index is 12.2. The van der Waals surface area contributed by atoms with E-state index in [-0.39, 0.29) is 18.4 Å². The van der Waals surface area contributed by atoms with Gasteiger partial charge in [-0.15, -0.1) is 0 Å². The van der Waals surface area contributed by atoms with Crippen molar-refractivity contribution in [2.24, 2.45) is 7.05 Å². The van der Waals surface area contributed by atoms with Crippen molar-refractivity contribution < 1.29 is 9.59 Å². The molecular weight excluding hydrogens is 244 g/mol. The number of hydrogen-bond donors (Lipinski definition) is 1. The smallest absolute Gasteiger partial charge is 0.246 e. The van der Waals surface area contributed by atoms with E-state index in [9.17, 15) is 9.59 Å². The summed E-state index contributed by atoms with van der Waals surface area (Å²) in [6.45, 7) is 0.584. The van der Waals surface area contributed by atoms with E-state index in [0.29, 0.717) is 6.54 Å². The molecule has 2 heterocycles. The normalized spacial score (nSPS) is 22.1. The molecule has 2 aliphatic rings. The number of piperazine rings is 1. The van der Waals surface area contributed by atoms with Crippen molar-refractivity contribution in [2.75, 3.05) is 6.54 Å². The molecule has 102 valence electrons. The number of amides is 2. The zero-order chi connectivity index (χ0) is 13.5. The minimum absolute atomic E-state index is 0.00496. The Balaban J connectivity index is 1.90. The van der Waals surface area contributed by atoms with Gasteiger partial charge in [0, 0.05) is 25.4 Å². The molecule has 1 spiro atoms. The number of hydrogen-bond acceptors (Lipinski definition) is 3. The first-order valence-electron chi connectivity index (χ1n) is 6.68. The zero-order valence-electron chi connectivity index (χ0n) is 11.1. The molecule has 6 nitrogen and oxygen atoms in total. The molecule has 0 unspecified atom stereocenters. The van der Waals surface area contributed by atoms with Crippen LogP contribution >= 0.6 is 0 Å². The second-order valence-corrected chi connectivity index (χ2v) is 5.42. The SMILES string of the molecule is Cn1cc(CN2C(=O)CNC(=O)C23CCCC3)cn1. The Hall–Kier alpha value is -1.85. The van der Waals surface area contributed by atoms with Crippen LogP contribution in [0.1, 0.15) is 31.2 Å². The van der Waals surface area contributed by atoms with Gasteiger partial charge in [0.15, 0.2) is 0 Å². The van der Waals surface area contributed by atoms with Crippen molar-refractivity contribution in [2.45, 2.75) is 37.8 Å². The van der Waals surface area contributed by atoms with E-state index in [1.165, 1.54) is 0 Å². The number of carbonyl (C=O) groups is 2. The summed E-state index contributed by atoms with van der Waals surface area (Å²) in [6, 6.07) is 0. The average Bonchev–Trinajstić information content (AvgIpc) is 3.01. The Labute approximate surface area is 111 Å². The van der Waals surface area contributed by atoms with Crippen LogP contribution in [0.5, 0.6) is 0 Å². The minimum atomic E-state index is -0.620. The third-order valence-corrected chi connectivity index (χ3v) is 4.17. The van der Waals surface area contributed by atoms with Crippen molar-refractivity contribution in [3.05, 3.63) is 18.0 Å². The summed E-state index contributed by atoms with van der Waals surface area (Å²) in [5.41, 5.74) is 0.349. The van der Waals surface area contributed by atoms with Crippen LogP contribution in [-0.4, -0.2) is 38.6 Å². The molecule has 1 N–H and O–H groups in total. The van der Waals surface area contributed by atoms with Crippen molar-refractivity contribution in [1.29, 1.82) is 0 Å². The van der Waals surface area contributed by atoms with Gasteiger partial charge in [0.25, 0.3) is 0 Å². The van der Waals surface area contributed by atoms with Gasteiger partial charge in [-0.05, 0) is 12.8 Å². The Morgan fingerprint density at radius 2 is 2.11 bits per heavy atom. The minimum Gasteiger partial charge on any atom is -0.345 e. The van der Waals surface area contributed by atoms with Gasteiger partial charge < -0.3 is 10.2 Å². The second kappa shape index (κ2) is 4.36. The largest absolute Gasteiger partial charge is 0.345 e. The van der Waals surface area contributed by atoms with Crippen LogP contribution in [0.25, 0.3) is 0 Å². The van der Waals surface area contributed by atoms with Crippen LogP contribution < -0.4 is 5.32 Å². The predicted octanol–water partition coefficient (Wildman–Crippen LogP) is 0.191. The lowest BCUT2D eigenvalue weighted by atomic mass is 9.91. The highest BCUT2D eigenvalue weighted by atomic mass is 16.2. The van der Waals surface area contributed by atoms with E-state index in [0.717, 1.165) is 31.2 Å². The second-order valence-electron chi connectivity index (χ2n) is 5.42. The molecule has 3 rings (SSSR count). The average molecular weight is 262 g/mol. The first-order chi connectivity index (χ1) is 9.12. The Bertz CT molecular complexity index is 516. The van der Waals surface area contributed by atoms with Gasteiger partial charge in [-0.1, -0.05) is 12.8 Å². The maximum atomic E-state index is 12.2. The van der Waals surface area contributed by atoms with Gasteiger partial charge in [0.1, 0.15) is 5.54 Å². The summed E-state index contributed by atoms with van der Waals surface area (Å²) in [7, 11) is 1.85. The quantitative estimate of drug-likeness (QED) is 0.827. The van der Waals surface area contributed by atoms with E-state index in [2.05, 4.69) is 10.4 Å². The van der Waals surface area contributed by atoms with Crippen LogP contribution in [-0.2, 0) is 23.2 Å². The molecule has 1 aromatic heterocycles. The Morgan fingerprint density at radius 1 is 1.37 bits per heavy atom. The Morgan fingerprint density at radius 3 is 2.74 bits per heavy atom. The molecule has 1 aliphatic heterocycles. The lowest BCUT2D eigenvalue weighted by molar-refractivity contribution is -0.154. The number of aryl methyl sites for hydroxylation is 1. The van der Waals surface area contributed by atoms with E-state index >= 15 is 0 Å². The summed E-state index contributed by atoms with van der Waals surface area (Å²) in [5.74, 6) is 0.0128. The number of carbonyl (C=O) groups excluding carboxylic acids is 2. The highest BCUT2D eigenvalue weighted by Gasteiger charge is 2.50. The van der Waals surface area contributed by atoms with Gasteiger partial charge in [0.2, 0.25) is 11.8 Å².